The van der Waals surface area contributed by atoms with Gasteiger partial charge in [0.25, 0.3) is 0 Å². The quantitative estimate of drug-likeness (QED) is 0.830. The number of nitrogens with zero attached hydrogens (tertiary/aromatic N) is 2. The highest BCUT2D eigenvalue weighted by molar-refractivity contribution is 5.73. The molecule has 1 aliphatic heterocycles. The average Bonchev–Trinajstić information content (AvgIpc) is 3.11. The van der Waals surface area contributed by atoms with Crippen LogP contribution in [0, 0.1) is 0 Å². The van der Waals surface area contributed by atoms with Crippen LogP contribution in [-0.4, -0.2) is 55.7 Å². The van der Waals surface area contributed by atoms with Crippen LogP contribution in [0.1, 0.15) is 43.4 Å². The van der Waals surface area contributed by atoms with Gasteiger partial charge in [-0.15, -0.1) is 0 Å². The Kier molecular flexibility index (Phi) is 5.75. The number of allylic oxidation sites excluding steroid dienone is 1. The van der Waals surface area contributed by atoms with Gasteiger partial charge in [-0.3, -0.25) is 4.90 Å². The standard InChI is InChI=1S/C21H33N3/c1-5-11-24-15-22-16(2)21(24)14-17-6-7-18-8-9-19(20(18)13-17)10-12-23(3)4/h6-7,9,13,16,21-22H,5,8,10-12,14-15H2,1-4H3. The summed E-state index contributed by atoms with van der Waals surface area (Å²) >= 11 is 0. The topological polar surface area (TPSA) is 18.5 Å². The zero-order chi connectivity index (χ0) is 17.1. The van der Waals surface area contributed by atoms with Crippen LogP contribution in [0.4, 0.5) is 0 Å². The van der Waals surface area contributed by atoms with Gasteiger partial charge in [0, 0.05) is 25.3 Å². The van der Waals surface area contributed by atoms with E-state index in [0.29, 0.717) is 12.1 Å². The fourth-order valence-electron chi connectivity index (χ4n) is 4.06. The largest absolute Gasteiger partial charge is 0.309 e. The summed E-state index contributed by atoms with van der Waals surface area (Å²) in [4.78, 5) is 4.89. The number of fused-ring (bicyclic) bond motifs is 1. The average molecular weight is 328 g/mol. The molecule has 0 radical (unpaired) electrons. The van der Waals surface area contributed by atoms with Gasteiger partial charge in [-0.1, -0.05) is 31.2 Å². The smallest absolute Gasteiger partial charge is 0.0486 e. The van der Waals surface area contributed by atoms with Crippen LogP contribution in [-0.2, 0) is 12.8 Å². The van der Waals surface area contributed by atoms with Gasteiger partial charge in [0.05, 0.1) is 0 Å². The molecule has 3 rings (SSSR count). The van der Waals surface area contributed by atoms with Gasteiger partial charge in [0.1, 0.15) is 0 Å². The van der Waals surface area contributed by atoms with E-state index in [4.69, 9.17) is 0 Å². The molecule has 0 spiro atoms. The van der Waals surface area contributed by atoms with E-state index in [0.717, 1.165) is 32.5 Å². The van der Waals surface area contributed by atoms with E-state index in [1.165, 1.54) is 29.7 Å². The molecular formula is C21H33N3. The number of hydrogen-bond donors (Lipinski definition) is 1. The third kappa shape index (κ3) is 3.90. The van der Waals surface area contributed by atoms with Crippen LogP contribution in [0.2, 0.25) is 0 Å². The zero-order valence-corrected chi connectivity index (χ0v) is 15.8. The molecular weight excluding hydrogens is 294 g/mol. The van der Waals surface area contributed by atoms with Crippen molar-refractivity contribution in [2.75, 3.05) is 33.9 Å². The SMILES string of the molecule is CCCN1CNC(C)C1Cc1ccc2c(c1)C(CCN(C)C)=CC2. The summed E-state index contributed by atoms with van der Waals surface area (Å²) < 4.78 is 0. The highest BCUT2D eigenvalue weighted by atomic mass is 15.3. The molecule has 1 fully saturated rings. The van der Waals surface area contributed by atoms with Crippen LogP contribution < -0.4 is 5.32 Å². The summed E-state index contributed by atoms with van der Waals surface area (Å²) in [5.41, 5.74) is 6.06. The molecule has 1 aliphatic carbocycles. The van der Waals surface area contributed by atoms with Crippen molar-refractivity contribution in [3.8, 4) is 0 Å². The molecule has 0 bridgehead atoms. The summed E-state index contributed by atoms with van der Waals surface area (Å²) in [5, 5.41) is 3.63. The van der Waals surface area contributed by atoms with Crippen molar-refractivity contribution in [3.63, 3.8) is 0 Å². The monoisotopic (exact) mass is 327 g/mol. The predicted octanol–water partition coefficient (Wildman–Crippen LogP) is 3.15. The lowest BCUT2D eigenvalue weighted by atomic mass is 9.95. The third-order valence-corrected chi connectivity index (χ3v) is 5.54. The van der Waals surface area contributed by atoms with Gasteiger partial charge in [-0.05, 0) is 75.5 Å². The highest BCUT2D eigenvalue weighted by Crippen LogP contribution is 2.31. The highest BCUT2D eigenvalue weighted by Gasteiger charge is 2.30. The maximum Gasteiger partial charge on any atom is 0.0486 e. The summed E-state index contributed by atoms with van der Waals surface area (Å²) in [6.45, 7) is 7.97. The van der Waals surface area contributed by atoms with E-state index in [9.17, 15) is 0 Å². The molecule has 1 aromatic rings. The lowest BCUT2D eigenvalue weighted by Gasteiger charge is -2.25. The minimum atomic E-state index is 0.577. The first-order chi connectivity index (χ1) is 11.6. The van der Waals surface area contributed by atoms with E-state index >= 15 is 0 Å². The maximum atomic E-state index is 3.63. The molecule has 1 N–H and O–H groups in total. The Bertz CT molecular complexity index is 589. The van der Waals surface area contributed by atoms with E-state index in [1.807, 2.05) is 0 Å². The zero-order valence-electron chi connectivity index (χ0n) is 15.8. The van der Waals surface area contributed by atoms with Gasteiger partial charge in [-0.25, -0.2) is 0 Å². The van der Waals surface area contributed by atoms with Crippen molar-refractivity contribution in [2.24, 2.45) is 0 Å². The Balaban J connectivity index is 1.72. The molecule has 1 heterocycles. The molecule has 3 nitrogen and oxygen atoms in total. The molecule has 3 heteroatoms. The van der Waals surface area contributed by atoms with Crippen molar-refractivity contribution in [2.45, 2.75) is 51.6 Å². The summed E-state index contributed by atoms with van der Waals surface area (Å²) in [5.74, 6) is 0. The van der Waals surface area contributed by atoms with Crippen LogP contribution in [0.3, 0.4) is 0 Å². The fourth-order valence-corrected chi connectivity index (χ4v) is 4.06. The lowest BCUT2D eigenvalue weighted by Crippen LogP contribution is -2.37. The van der Waals surface area contributed by atoms with Crippen LogP contribution in [0.15, 0.2) is 24.3 Å². The van der Waals surface area contributed by atoms with Gasteiger partial charge >= 0.3 is 0 Å². The van der Waals surface area contributed by atoms with Crippen molar-refractivity contribution in [1.82, 2.24) is 15.1 Å². The predicted molar refractivity (Wildman–Crippen MR) is 103 cm³/mol. The normalized spacial score (nSPS) is 23.8. The minimum Gasteiger partial charge on any atom is -0.309 e. The van der Waals surface area contributed by atoms with E-state index in [2.05, 4.69) is 67.3 Å². The first kappa shape index (κ1) is 17.7. The molecule has 2 atom stereocenters. The summed E-state index contributed by atoms with van der Waals surface area (Å²) in [6, 6.07) is 8.39. The summed E-state index contributed by atoms with van der Waals surface area (Å²) in [7, 11) is 4.31. The number of nitrogens with one attached hydrogen (secondary N) is 1. The van der Waals surface area contributed by atoms with Crippen LogP contribution >= 0.6 is 0 Å². The maximum absolute atomic E-state index is 3.63. The first-order valence-corrected chi connectivity index (χ1v) is 9.52. The van der Waals surface area contributed by atoms with Crippen molar-refractivity contribution in [3.05, 3.63) is 41.0 Å². The van der Waals surface area contributed by atoms with Crippen molar-refractivity contribution < 1.29 is 0 Å². The molecule has 24 heavy (non-hydrogen) atoms. The molecule has 0 aromatic heterocycles. The van der Waals surface area contributed by atoms with Gasteiger partial charge in [-0.2, -0.15) is 0 Å². The van der Waals surface area contributed by atoms with Crippen LogP contribution in [0.25, 0.3) is 5.57 Å². The Morgan fingerprint density at radius 1 is 1.29 bits per heavy atom. The molecule has 2 aliphatic rings. The fraction of sp³-hybridized carbons (Fsp3) is 0.619. The van der Waals surface area contributed by atoms with E-state index < -0.39 is 0 Å². The lowest BCUT2D eigenvalue weighted by molar-refractivity contribution is 0.245. The Morgan fingerprint density at radius 2 is 2.12 bits per heavy atom. The van der Waals surface area contributed by atoms with Crippen molar-refractivity contribution in [1.29, 1.82) is 0 Å². The molecule has 132 valence electrons. The second-order valence-electron chi connectivity index (χ2n) is 7.71. The van der Waals surface area contributed by atoms with Crippen LogP contribution in [0.5, 0.6) is 0 Å². The molecule has 0 saturated carbocycles. The van der Waals surface area contributed by atoms with Gasteiger partial charge < -0.3 is 10.2 Å². The Labute approximate surface area is 147 Å². The number of rotatable bonds is 7. The van der Waals surface area contributed by atoms with Gasteiger partial charge in [0.15, 0.2) is 0 Å². The summed E-state index contributed by atoms with van der Waals surface area (Å²) in [6.07, 6.45) is 7.09. The second kappa shape index (κ2) is 7.81. The molecule has 1 aromatic carbocycles. The van der Waals surface area contributed by atoms with Gasteiger partial charge in [0.2, 0.25) is 0 Å². The molecule has 2 unspecified atom stereocenters. The first-order valence-electron chi connectivity index (χ1n) is 9.52. The Hall–Kier alpha value is -1.16. The minimum absolute atomic E-state index is 0.577. The van der Waals surface area contributed by atoms with E-state index in [1.54, 1.807) is 5.57 Å². The number of benzene rings is 1. The molecule has 1 saturated heterocycles. The second-order valence-corrected chi connectivity index (χ2v) is 7.71. The number of hydrogen-bond acceptors (Lipinski definition) is 3. The Morgan fingerprint density at radius 3 is 2.88 bits per heavy atom. The molecule has 0 amide bonds. The third-order valence-electron chi connectivity index (χ3n) is 5.54. The van der Waals surface area contributed by atoms with E-state index in [-0.39, 0.29) is 0 Å². The van der Waals surface area contributed by atoms with Crippen molar-refractivity contribution >= 4 is 5.57 Å².